The third-order valence-corrected chi connectivity index (χ3v) is 3.51. The Labute approximate surface area is 127 Å². The summed E-state index contributed by atoms with van der Waals surface area (Å²) in [5.41, 5.74) is 2.44. The summed E-state index contributed by atoms with van der Waals surface area (Å²) in [6.45, 7) is 5.96. The molecule has 0 fully saturated rings. The van der Waals surface area contributed by atoms with Gasteiger partial charge in [-0.3, -0.25) is 4.68 Å². The molecule has 0 aliphatic carbocycles. The molecular weight excluding hydrogens is 262 g/mol. The minimum Gasteiger partial charge on any atom is -0.489 e. The normalized spacial score (nSPS) is 12.3. The Balaban J connectivity index is 1.78. The third-order valence-electron chi connectivity index (χ3n) is 3.51. The zero-order valence-electron chi connectivity index (χ0n) is 13.2. The number of nitrogens with one attached hydrogen (secondary N) is 1. The van der Waals surface area contributed by atoms with E-state index >= 15 is 0 Å². The number of aromatic nitrogens is 2. The number of hydrogen-bond acceptors (Lipinski definition) is 3. The van der Waals surface area contributed by atoms with E-state index in [1.54, 1.807) is 4.68 Å². The van der Waals surface area contributed by atoms with E-state index in [1.165, 1.54) is 5.56 Å². The van der Waals surface area contributed by atoms with Gasteiger partial charge in [0, 0.05) is 24.8 Å². The van der Waals surface area contributed by atoms with E-state index in [9.17, 15) is 0 Å². The molecule has 1 atom stereocenters. The molecule has 0 aliphatic heterocycles. The molecule has 2 aromatic rings. The number of ether oxygens (including phenoxy) is 1. The van der Waals surface area contributed by atoms with Crippen molar-refractivity contribution in [2.24, 2.45) is 7.05 Å². The topological polar surface area (TPSA) is 39.1 Å². The van der Waals surface area contributed by atoms with Crippen LogP contribution in [0.15, 0.2) is 36.7 Å². The highest BCUT2D eigenvalue weighted by molar-refractivity contribution is 5.27. The van der Waals surface area contributed by atoms with Crippen LogP contribution in [-0.2, 0) is 20.1 Å². The van der Waals surface area contributed by atoms with Crippen molar-refractivity contribution in [2.75, 3.05) is 6.54 Å². The second-order valence-electron chi connectivity index (χ2n) is 5.45. The van der Waals surface area contributed by atoms with Gasteiger partial charge in [-0.25, -0.2) is 0 Å². The van der Waals surface area contributed by atoms with Crippen LogP contribution in [0, 0.1) is 0 Å². The number of nitrogens with zero attached hydrogens (tertiary/aromatic N) is 2. The summed E-state index contributed by atoms with van der Waals surface area (Å²) in [4.78, 5) is 0. The Morgan fingerprint density at radius 2 is 2.00 bits per heavy atom. The summed E-state index contributed by atoms with van der Waals surface area (Å²) in [7, 11) is 1.91. The molecule has 4 heteroatoms. The summed E-state index contributed by atoms with van der Waals surface area (Å²) in [6, 6.07) is 8.96. The maximum Gasteiger partial charge on any atom is 0.119 e. The largest absolute Gasteiger partial charge is 0.489 e. The molecule has 0 saturated carbocycles. The van der Waals surface area contributed by atoms with Crippen molar-refractivity contribution in [3.05, 3.63) is 47.8 Å². The van der Waals surface area contributed by atoms with Gasteiger partial charge in [0.1, 0.15) is 12.4 Å². The van der Waals surface area contributed by atoms with Crippen LogP contribution in [-0.4, -0.2) is 22.4 Å². The fourth-order valence-corrected chi connectivity index (χ4v) is 2.30. The smallest absolute Gasteiger partial charge is 0.119 e. The van der Waals surface area contributed by atoms with Crippen molar-refractivity contribution >= 4 is 0 Å². The molecule has 1 aromatic heterocycles. The zero-order valence-corrected chi connectivity index (χ0v) is 13.2. The van der Waals surface area contributed by atoms with E-state index in [1.807, 2.05) is 31.6 Å². The van der Waals surface area contributed by atoms with Crippen LogP contribution in [0.4, 0.5) is 0 Å². The SMILES string of the molecule is CCNC(C)CCc1ccc(OCc2cnn(C)c2)cc1. The molecule has 1 heterocycles. The maximum atomic E-state index is 5.76. The Hall–Kier alpha value is -1.81. The molecule has 0 aliphatic rings. The zero-order chi connectivity index (χ0) is 15.1. The first kappa shape index (κ1) is 15.6. The van der Waals surface area contributed by atoms with Crippen molar-refractivity contribution in [1.82, 2.24) is 15.1 Å². The number of rotatable bonds is 8. The number of aryl methyl sites for hydroxylation is 2. The molecule has 0 amide bonds. The summed E-state index contributed by atoms with van der Waals surface area (Å²) >= 11 is 0. The van der Waals surface area contributed by atoms with Crippen LogP contribution in [0.25, 0.3) is 0 Å². The standard InChI is InChI=1S/C17H25N3O/c1-4-18-14(2)5-6-15-7-9-17(10-8-15)21-13-16-11-19-20(3)12-16/h7-12,14,18H,4-6,13H2,1-3H3. The maximum absolute atomic E-state index is 5.76. The van der Waals surface area contributed by atoms with E-state index in [2.05, 4.69) is 36.4 Å². The molecule has 0 spiro atoms. The Morgan fingerprint density at radius 3 is 2.62 bits per heavy atom. The molecule has 0 radical (unpaired) electrons. The van der Waals surface area contributed by atoms with Crippen LogP contribution in [0.3, 0.4) is 0 Å². The van der Waals surface area contributed by atoms with Crippen LogP contribution < -0.4 is 10.1 Å². The first-order chi connectivity index (χ1) is 10.2. The van der Waals surface area contributed by atoms with Gasteiger partial charge in [-0.2, -0.15) is 5.10 Å². The van der Waals surface area contributed by atoms with Crippen molar-refractivity contribution in [3.63, 3.8) is 0 Å². The molecule has 21 heavy (non-hydrogen) atoms. The first-order valence-corrected chi connectivity index (χ1v) is 7.60. The van der Waals surface area contributed by atoms with Crippen LogP contribution in [0.2, 0.25) is 0 Å². The molecular formula is C17H25N3O. The molecule has 1 N–H and O–H groups in total. The average Bonchev–Trinajstić information content (AvgIpc) is 2.90. The number of benzene rings is 1. The van der Waals surface area contributed by atoms with Gasteiger partial charge in [-0.1, -0.05) is 19.1 Å². The summed E-state index contributed by atoms with van der Waals surface area (Å²) in [6.07, 6.45) is 6.05. The van der Waals surface area contributed by atoms with Gasteiger partial charge in [-0.05, 0) is 44.0 Å². The third kappa shape index (κ3) is 5.23. The van der Waals surface area contributed by atoms with Crippen LogP contribution in [0.1, 0.15) is 31.4 Å². The van der Waals surface area contributed by atoms with E-state index in [0.717, 1.165) is 30.7 Å². The molecule has 4 nitrogen and oxygen atoms in total. The molecule has 0 saturated heterocycles. The van der Waals surface area contributed by atoms with Gasteiger partial charge in [0.25, 0.3) is 0 Å². The number of hydrogen-bond donors (Lipinski definition) is 1. The second-order valence-corrected chi connectivity index (χ2v) is 5.45. The molecule has 0 bridgehead atoms. The lowest BCUT2D eigenvalue weighted by atomic mass is 10.1. The van der Waals surface area contributed by atoms with Gasteiger partial charge in [0.15, 0.2) is 0 Å². The minimum absolute atomic E-state index is 0.560. The molecule has 114 valence electrons. The van der Waals surface area contributed by atoms with Crippen LogP contribution >= 0.6 is 0 Å². The van der Waals surface area contributed by atoms with E-state index < -0.39 is 0 Å². The van der Waals surface area contributed by atoms with Crippen molar-refractivity contribution in [2.45, 2.75) is 39.3 Å². The highest BCUT2D eigenvalue weighted by Crippen LogP contribution is 2.15. The van der Waals surface area contributed by atoms with Gasteiger partial charge in [0.2, 0.25) is 0 Å². The van der Waals surface area contributed by atoms with Crippen molar-refractivity contribution in [1.29, 1.82) is 0 Å². The summed E-state index contributed by atoms with van der Waals surface area (Å²) in [5.74, 6) is 0.905. The molecule has 2 rings (SSSR count). The van der Waals surface area contributed by atoms with Gasteiger partial charge < -0.3 is 10.1 Å². The predicted molar refractivity (Wildman–Crippen MR) is 85.4 cm³/mol. The van der Waals surface area contributed by atoms with E-state index in [0.29, 0.717) is 12.6 Å². The Morgan fingerprint density at radius 1 is 1.24 bits per heavy atom. The van der Waals surface area contributed by atoms with Crippen molar-refractivity contribution < 1.29 is 4.74 Å². The van der Waals surface area contributed by atoms with Gasteiger partial charge >= 0.3 is 0 Å². The predicted octanol–water partition coefficient (Wildman–Crippen LogP) is 2.93. The first-order valence-electron chi connectivity index (χ1n) is 7.60. The average molecular weight is 287 g/mol. The lowest BCUT2D eigenvalue weighted by Crippen LogP contribution is -2.25. The molecule has 1 aromatic carbocycles. The van der Waals surface area contributed by atoms with Crippen molar-refractivity contribution in [3.8, 4) is 5.75 Å². The summed E-state index contributed by atoms with van der Waals surface area (Å²) < 4.78 is 7.54. The summed E-state index contributed by atoms with van der Waals surface area (Å²) in [5, 5.41) is 7.56. The Kier molecular flexibility index (Phi) is 5.81. The fraction of sp³-hybridized carbons (Fsp3) is 0.471. The monoisotopic (exact) mass is 287 g/mol. The van der Waals surface area contributed by atoms with Crippen LogP contribution in [0.5, 0.6) is 5.75 Å². The molecule has 1 unspecified atom stereocenters. The van der Waals surface area contributed by atoms with E-state index in [-0.39, 0.29) is 0 Å². The highest BCUT2D eigenvalue weighted by Gasteiger charge is 2.02. The second kappa shape index (κ2) is 7.84. The highest BCUT2D eigenvalue weighted by atomic mass is 16.5. The minimum atomic E-state index is 0.560. The van der Waals surface area contributed by atoms with Gasteiger partial charge in [0.05, 0.1) is 6.20 Å². The quantitative estimate of drug-likeness (QED) is 0.811. The lowest BCUT2D eigenvalue weighted by molar-refractivity contribution is 0.306. The van der Waals surface area contributed by atoms with E-state index in [4.69, 9.17) is 4.74 Å². The fourth-order valence-electron chi connectivity index (χ4n) is 2.30. The van der Waals surface area contributed by atoms with Gasteiger partial charge in [-0.15, -0.1) is 0 Å². The lowest BCUT2D eigenvalue weighted by Gasteiger charge is -2.12. The Bertz CT molecular complexity index is 533.